The maximum atomic E-state index is 6.24. The van der Waals surface area contributed by atoms with E-state index >= 15 is 0 Å². The predicted molar refractivity (Wildman–Crippen MR) is 82.6 cm³/mol. The lowest BCUT2D eigenvalue weighted by Gasteiger charge is -2.30. The van der Waals surface area contributed by atoms with Crippen molar-refractivity contribution in [2.75, 3.05) is 11.4 Å². The molecule has 0 aromatic heterocycles. The van der Waals surface area contributed by atoms with Gasteiger partial charge in [0.2, 0.25) is 0 Å². The molecule has 1 aliphatic rings. The quantitative estimate of drug-likeness (QED) is 0.853. The van der Waals surface area contributed by atoms with E-state index in [1.165, 1.54) is 31.4 Å². The summed E-state index contributed by atoms with van der Waals surface area (Å²) in [6.07, 6.45) is 5.23. The van der Waals surface area contributed by atoms with E-state index in [2.05, 4.69) is 17.9 Å². The first-order valence-corrected chi connectivity index (χ1v) is 7.28. The van der Waals surface area contributed by atoms with Gasteiger partial charge < -0.3 is 10.6 Å². The zero-order valence-corrected chi connectivity index (χ0v) is 12.2. The van der Waals surface area contributed by atoms with Crippen LogP contribution in [0.1, 0.15) is 38.2 Å². The van der Waals surface area contributed by atoms with Crippen LogP contribution in [0.15, 0.2) is 18.2 Å². The van der Waals surface area contributed by atoms with Gasteiger partial charge in [0, 0.05) is 23.8 Å². The molecule has 0 amide bonds. The number of hydrogen-bond acceptors (Lipinski definition) is 2. The second-order valence-corrected chi connectivity index (χ2v) is 5.60. The Bertz CT molecular complexity index is 441. The van der Waals surface area contributed by atoms with Gasteiger partial charge in [0.1, 0.15) is 4.99 Å². The molecule has 1 saturated carbocycles. The normalized spacial score (nSPS) is 15.9. The minimum atomic E-state index is 0.357. The van der Waals surface area contributed by atoms with Gasteiger partial charge in [0.25, 0.3) is 0 Å². The Hall–Kier alpha value is -0.800. The van der Waals surface area contributed by atoms with Crippen molar-refractivity contribution < 1.29 is 0 Å². The Kier molecular flexibility index (Phi) is 4.46. The Morgan fingerprint density at radius 1 is 1.44 bits per heavy atom. The summed E-state index contributed by atoms with van der Waals surface area (Å²) >= 11 is 11.2. The van der Waals surface area contributed by atoms with Crippen molar-refractivity contribution in [2.24, 2.45) is 5.73 Å². The lowest BCUT2D eigenvalue weighted by molar-refractivity contribution is 0.620. The molecule has 2 rings (SSSR count). The van der Waals surface area contributed by atoms with Crippen LogP contribution in [0.5, 0.6) is 0 Å². The average molecular weight is 283 g/mol. The minimum absolute atomic E-state index is 0.357. The highest BCUT2D eigenvalue weighted by atomic mass is 35.5. The molecule has 2 N–H and O–H groups in total. The molecular weight excluding hydrogens is 264 g/mol. The Labute approximate surface area is 119 Å². The molecule has 0 heterocycles. The van der Waals surface area contributed by atoms with Crippen LogP contribution in [0.3, 0.4) is 0 Å². The van der Waals surface area contributed by atoms with Crippen LogP contribution in [0, 0.1) is 0 Å². The Morgan fingerprint density at radius 3 is 2.61 bits per heavy atom. The lowest BCUT2D eigenvalue weighted by atomic mass is 10.1. The van der Waals surface area contributed by atoms with Crippen LogP contribution in [-0.4, -0.2) is 17.6 Å². The molecule has 18 heavy (non-hydrogen) atoms. The second-order valence-electron chi connectivity index (χ2n) is 4.75. The maximum Gasteiger partial charge on any atom is 0.105 e. The van der Waals surface area contributed by atoms with Crippen LogP contribution in [-0.2, 0) is 0 Å². The van der Waals surface area contributed by atoms with Crippen molar-refractivity contribution >= 4 is 34.5 Å². The molecule has 4 heteroatoms. The summed E-state index contributed by atoms with van der Waals surface area (Å²) in [6, 6.07) is 6.64. The molecule has 0 aliphatic heterocycles. The van der Waals surface area contributed by atoms with Crippen molar-refractivity contribution in [3.63, 3.8) is 0 Å². The predicted octanol–water partition coefficient (Wildman–Crippen LogP) is 3.74. The van der Waals surface area contributed by atoms with Crippen molar-refractivity contribution in [1.82, 2.24) is 0 Å². The number of anilines is 1. The summed E-state index contributed by atoms with van der Waals surface area (Å²) in [4.78, 5) is 2.79. The summed E-state index contributed by atoms with van der Waals surface area (Å²) in [5.41, 5.74) is 7.57. The highest BCUT2D eigenvalue weighted by Gasteiger charge is 2.22. The highest BCUT2D eigenvalue weighted by molar-refractivity contribution is 7.80. The SMILES string of the molecule is CCN(c1ccc(C(N)=S)c(Cl)c1)C1CCCC1. The summed E-state index contributed by atoms with van der Waals surface area (Å²) in [5.74, 6) is 0. The lowest BCUT2D eigenvalue weighted by Crippen LogP contribution is -2.33. The van der Waals surface area contributed by atoms with Crippen molar-refractivity contribution in [2.45, 2.75) is 38.6 Å². The molecule has 1 aromatic rings. The van der Waals surface area contributed by atoms with Crippen LogP contribution < -0.4 is 10.6 Å². The number of thiocarbonyl (C=S) groups is 1. The van der Waals surface area contributed by atoms with Gasteiger partial charge in [-0.3, -0.25) is 0 Å². The van der Waals surface area contributed by atoms with Gasteiger partial charge in [-0.25, -0.2) is 0 Å². The molecule has 1 aliphatic carbocycles. The minimum Gasteiger partial charge on any atom is -0.389 e. The van der Waals surface area contributed by atoms with Crippen molar-refractivity contribution in [3.8, 4) is 0 Å². The third kappa shape index (κ3) is 2.78. The summed E-state index contributed by atoms with van der Waals surface area (Å²) in [6.45, 7) is 3.20. The first-order valence-electron chi connectivity index (χ1n) is 6.49. The number of rotatable bonds is 4. The smallest absolute Gasteiger partial charge is 0.105 e. The first kappa shape index (κ1) is 13.6. The van der Waals surface area contributed by atoms with E-state index in [1.807, 2.05) is 12.1 Å². The van der Waals surface area contributed by atoms with Gasteiger partial charge in [-0.2, -0.15) is 0 Å². The molecule has 0 atom stereocenters. The van der Waals surface area contributed by atoms with E-state index in [1.54, 1.807) is 0 Å². The summed E-state index contributed by atoms with van der Waals surface area (Å²) in [5, 5.41) is 0.649. The van der Waals surface area contributed by atoms with Crippen molar-refractivity contribution in [3.05, 3.63) is 28.8 Å². The van der Waals surface area contributed by atoms with Crippen LogP contribution in [0.2, 0.25) is 5.02 Å². The molecule has 1 fully saturated rings. The average Bonchev–Trinajstić information content (AvgIpc) is 2.83. The van der Waals surface area contributed by atoms with Gasteiger partial charge in [-0.05, 0) is 38.0 Å². The molecule has 0 unspecified atom stereocenters. The number of nitrogens with zero attached hydrogens (tertiary/aromatic N) is 1. The number of nitrogens with two attached hydrogens (primary N) is 1. The van der Waals surface area contributed by atoms with Gasteiger partial charge in [0.05, 0.1) is 5.02 Å². The monoisotopic (exact) mass is 282 g/mol. The number of benzene rings is 1. The molecule has 0 saturated heterocycles. The molecule has 1 aromatic carbocycles. The first-order chi connectivity index (χ1) is 8.63. The summed E-state index contributed by atoms with van der Waals surface area (Å²) in [7, 11) is 0. The third-order valence-corrected chi connectivity index (χ3v) is 4.19. The van der Waals surface area contributed by atoms with Crippen LogP contribution in [0.4, 0.5) is 5.69 Å². The second kappa shape index (κ2) is 5.89. The third-order valence-electron chi connectivity index (χ3n) is 3.66. The van der Waals surface area contributed by atoms with Gasteiger partial charge in [-0.15, -0.1) is 0 Å². The molecule has 0 bridgehead atoms. The fraction of sp³-hybridized carbons (Fsp3) is 0.500. The summed E-state index contributed by atoms with van der Waals surface area (Å²) < 4.78 is 0. The van der Waals surface area contributed by atoms with Gasteiger partial charge >= 0.3 is 0 Å². The molecule has 0 radical (unpaired) electrons. The molecule has 2 nitrogen and oxygen atoms in total. The largest absolute Gasteiger partial charge is 0.389 e. The number of hydrogen-bond donors (Lipinski definition) is 1. The standard InChI is InChI=1S/C14H19ClN2S/c1-2-17(10-5-3-4-6-10)11-7-8-12(14(16)18)13(15)9-11/h7-10H,2-6H2,1H3,(H2,16,18). The zero-order valence-electron chi connectivity index (χ0n) is 10.7. The Balaban J connectivity index is 2.26. The van der Waals surface area contributed by atoms with E-state index in [4.69, 9.17) is 29.6 Å². The van der Waals surface area contributed by atoms with E-state index in [-0.39, 0.29) is 0 Å². The van der Waals surface area contributed by atoms with Crippen LogP contribution >= 0.6 is 23.8 Å². The topological polar surface area (TPSA) is 29.3 Å². The fourth-order valence-electron chi connectivity index (χ4n) is 2.75. The fourth-order valence-corrected chi connectivity index (χ4v) is 3.26. The van der Waals surface area contributed by atoms with E-state index < -0.39 is 0 Å². The van der Waals surface area contributed by atoms with Gasteiger partial charge in [-0.1, -0.05) is 36.7 Å². The maximum absolute atomic E-state index is 6.24. The Morgan fingerprint density at radius 2 is 2.11 bits per heavy atom. The number of halogens is 1. The molecule has 98 valence electrons. The molecule has 0 spiro atoms. The van der Waals surface area contributed by atoms with Gasteiger partial charge in [0.15, 0.2) is 0 Å². The van der Waals surface area contributed by atoms with E-state index in [0.29, 0.717) is 16.1 Å². The van der Waals surface area contributed by atoms with E-state index in [9.17, 15) is 0 Å². The molecular formula is C14H19ClN2S. The van der Waals surface area contributed by atoms with E-state index in [0.717, 1.165) is 12.1 Å². The van der Waals surface area contributed by atoms with Crippen molar-refractivity contribution in [1.29, 1.82) is 0 Å². The van der Waals surface area contributed by atoms with Crippen LogP contribution in [0.25, 0.3) is 0 Å². The highest BCUT2D eigenvalue weighted by Crippen LogP contribution is 2.30. The zero-order chi connectivity index (χ0) is 13.1.